The first-order chi connectivity index (χ1) is 17.5. The Morgan fingerprint density at radius 2 is 1.33 bits per heavy atom. The summed E-state index contributed by atoms with van der Waals surface area (Å²) >= 11 is 0. The number of imidazole rings is 1. The van der Waals surface area contributed by atoms with Gasteiger partial charge in [0, 0.05) is 43.4 Å². The molecule has 1 unspecified atom stereocenters. The second kappa shape index (κ2) is 10.4. The highest BCUT2D eigenvalue weighted by Gasteiger charge is 2.51. The third-order valence-electron chi connectivity index (χ3n) is 7.89. The van der Waals surface area contributed by atoms with Gasteiger partial charge in [-0.1, -0.05) is 98.8 Å². The van der Waals surface area contributed by atoms with Crippen LogP contribution in [0.5, 0.6) is 0 Å². The molecule has 4 heteroatoms. The molecule has 0 saturated carbocycles. The first-order valence-corrected chi connectivity index (χ1v) is 13.2. The van der Waals surface area contributed by atoms with Crippen LogP contribution in [0, 0.1) is 19.8 Å². The van der Waals surface area contributed by atoms with Crippen LogP contribution in [0.2, 0.25) is 0 Å². The Bertz CT molecular complexity index is 1230. The van der Waals surface area contributed by atoms with Crippen molar-refractivity contribution in [1.29, 1.82) is 0 Å². The molecule has 1 atom stereocenters. The number of nitrogens with one attached hydrogen (secondary N) is 2. The summed E-state index contributed by atoms with van der Waals surface area (Å²) in [5.74, 6) is 1.40. The number of nitrogens with zero attached hydrogens (tertiary/aromatic N) is 2. The molecule has 4 aromatic rings. The van der Waals surface area contributed by atoms with Gasteiger partial charge in [0.25, 0.3) is 0 Å². The van der Waals surface area contributed by atoms with Gasteiger partial charge < -0.3 is 10.3 Å². The average Bonchev–Trinajstić information content (AvgIpc) is 3.30. The molecule has 0 radical (unpaired) electrons. The maximum absolute atomic E-state index is 5.46. The van der Waals surface area contributed by atoms with Gasteiger partial charge in [-0.15, -0.1) is 0 Å². The minimum Gasteiger partial charge on any atom is -0.342 e. The topological polar surface area (TPSA) is 44.0 Å². The highest BCUT2D eigenvalue weighted by Crippen LogP contribution is 2.51. The Morgan fingerprint density at radius 3 is 1.89 bits per heavy atom. The third-order valence-corrected chi connectivity index (χ3v) is 7.89. The van der Waals surface area contributed by atoms with E-state index in [2.05, 4.69) is 128 Å². The van der Waals surface area contributed by atoms with Gasteiger partial charge in [-0.2, -0.15) is 0 Å². The lowest BCUT2D eigenvalue weighted by Crippen LogP contribution is -2.60. The predicted octanol–water partition coefficient (Wildman–Crippen LogP) is 6.28. The SMILES string of the molecule is Cc1ccccc1-c1nc(C(C(C)C)(C(c2ccccc2)c2ccccc2)N2CCNCC2)c(C)[nH]1. The highest BCUT2D eigenvalue weighted by molar-refractivity contribution is 5.61. The Labute approximate surface area is 215 Å². The minimum absolute atomic E-state index is 0.129. The molecular formula is C32H38N4. The van der Waals surface area contributed by atoms with Crippen LogP contribution in [0.1, 0.15) is 47.8 Å². The van der Waals surface area contributed by atoms with E-state index in [-0.39, 0.29) is 11.5 Å². The zero-order valence-electron chi connectivity index (χ0n) is 22.0. The molecule has 4 nitrogen and oxygen atoms in total. The molecule has 0 aliphatic carbocycles. The molecule has 1 aromatic heterocycles. The fourth-order valence-corrected chi connectivity index (χ4v) is 6.28. The van der Waals surface area contributed by atoms with E-state index in [1.54, 1.807) is 0 Å². The summed E-state index contributed by atoms with van der Waals surface area (Å²) in [6.45, 7) is 13.1. The average molecular weight is 479 g/mol. The lowest BCUT2D eigenvalue weighted by atomic mass is 9.65. The molecule has 36 heavy (non-hydrogen) atoms. The first-order valence-electron chi connectivity index (χ1n) is 13.2. The van der Waals surface area contributed by atoms with E-state index in [0.29, 0.717) is 5.92 Å². The van der Waals surface area contributed by atoms with Crippen LogP contribution in [0.15, 0.2) is 84.9 Å². The normalized spacial score (nSPS) is 16.4. The van der Waals surface area contributed by atoms with E-state index in [0.717, 1.165) is 43.4 Å². The van der Waals surface area contributed by atoms with Crippen LogP contribution >= 0.6 is 0 Å². The van der Waals surface area contributed by atoms with Crippen molar-refractivity contribution < 1.29 is 0 Å². The maximum Gasteiger partial charge on any atom is 0.138 e. The number of aryl methyl sites for hydroxylation is 2. The molecule has 0 bridgehead atoms. The second-order valence-electron chi connectivity index (χ2n) is 10.3. The van der Waals surface area contributed by atoms with Crippen LogP contribution in [-0.4, -0.2) is 41.0 Å². The van der Waals surface area contributed by atoms with Crippen LogP contribution in [0.25, 0.3) is 11.4 Å². The van der Waals surface area contributed by atoms with Crippen molar-refractivity contribution in [2.24, 2.45) is 5.92 Å². The molecule has 0 amide bonds. The van der Waals surface area contributed by atoms with Crippen molar-refractivity contribution in [3.05, 3.63) is 113 Å². The third kappa shape index (κ3) is 4.29. The first kappa shape index (κ1) is 24.5. The van der Waals surface area contributed by atoms with E-state index >= 15 is 0 Å². The van der Waals surface area contributed by atoms with Gasteiger partial charge in [-0.25, -0.2) is 4.98 Å². The van der Waals surface area contributed by atoms with Crippen molar-refractivity contribution in [2.75, 3.05) is 26.2 Å². The number of benzene rings is 3. The van der Waals surface area contributed by atoms with E-state index in [9.17, 15) is 0 Å². The van der Waals surface area contributed by atoms with Gasteiger partial charge in [0.05, 0.1) is 11.2 Å². The van der Waals surface area contributed by atoms with Gasteiger partial charge in [0.2, 0.25) is 0 Å². The second-order valence-corrected chi connectivity index (χ2v) is 10.3. The maximum atomic E-state index is 5.46. The largest absolute Gasteiger partial charge is 0.342 e. The lowest BCUT2D eigenvalue weighted by Gasteiger charge is -2.53. The molecule has 1 saturated heterocycles. The highest BCUT2D eigenvalue weighted by atomic mass is 15.3. The summed E-state index contributed by atoms with van der Waals surface area (Å²) in [7, 11) is 0. The van der Waals surface area contributed by atoms with Gasteiger partial charge in [-0.05, 0) is 36.5 Å². The summed E-state index contributed by atoms with van der Waals surface area (Å²) in [5, 5.41) is 3.58. The Kier molecular flexibility index (Phi) is 7.08. The fraction of sp³-hybridized carbons (Fsp3) is 0.344. The van der Waals surface area contributed by atoms with Gasteiger partial charge in [0.15, 0.2) is 0 Å². The Morgan fingerprint density at radius 1 is 0.778 bits per heavy atom. The zero-order valence-corrected chi connectivity index (χ0v) is 22.0. The van der Waals surface area contributed by atoms with Gasteiger partial charge in [0.1, 0.15) is 5.82 Å². The van der Waals surface area contributed by atoms with Crippen LogP contribution in [-0.2, 0) is 5.54 Å². The number of aromatic amines is 1. The summed E-state index contributed by atoms with van der Waals surface area (Å²) in [6, 6.07) is 30.6. The summed E-state index contributed by atoms with van der Waals surface area (Å²) < 4.78 is 0. The van der Waals surface area contributed by atoms with Crippen molar-refractivity contribution in [2.45, 2.75) is 39.2 Å². The van der Waals surface area contributed by atoms with Crippen LogP contribution in [0.4, 0.5) is 0 Å². The molecule has 186 valence electrons. The van der Waals surface area contributed by atoms with Crippen molar-refractivity contribution in [3.8, 4) is 11.4 Å². The summed E-state index contributed by atoms with van der Waals surface area (Å²) in [6.07, 6.45) is 0. The van der Waals surface area contributed by atoms with E-state index in [1.807, 2.05) is 0 Å². The van der Waals surface area contributed by atoms with Crippen molar-refractivity contribution >= 4 is 0 Å². The van der Waals surface area contributed by atoms with Gasteiger partial charge >= 0.3 is 0 Å². The quantitative estimate of drug-likeness (QED) is 0.328. The van der Waals surface area contributed by atoms with Gasteiger partial charge in [-0.3, -0.25) is 4.90 Å². The number of hydrogen-bond acceptors (Lipinski definition) is 3. The molecule has 1 aliphatic rings. The molecule has 1 fully saturated rings. The summed E-state index contributed by atoms with van der Waals surface area (Å²) in [5.41, 5.74) is 7.05. The van der Waals surface area contributed by atoms with Crippen LogP contribution in [0.3, 0.4) is 0 Å². The number of H-pyrrole nitrogens is 1. The molecule has 3 aromatic carbocycles. The van der Waals surface area contributed by atoms with Crippen molar-refractivity contribution in [1.82, 2.24) is 20.2 Å². The van der Waals surface area contributed by atoms with Crippen molar-refractivity contribution in [3.63, 3.8) is 0 Å². The Balaban J connectivity index is 1.81. The van der Waals surface area contributed by atoms with E-state index in [1.165, 1.54) is 22.3 Å². The predicted molar refractivity (Wildman–Crippen MR) is 149 cm³/mol. The summed E-state index contributed by atoms with van der Waals surface area (Å²) in [4.78, 5) is 11.9. The molecular weight excluding hydrogens is 440 g/mol. The zero-order chi connectivity index (χ0) is 25.1. The van der Waals surface area contributed by atoms with E-state index in [4.69, 9.17) is 4.98 Å². The monoisotopic (exact) mass is 478 g/mol. The number of piperazine rings is 1. The standard InChI is InChI=1S/C32H38N4/c1-23(2)32(36-21-19-33-20-22-36,29(26-14-7-5-8-15-26)27-16-9-6-10-17-27)30-25(4)34-31(35-30)28-18-12-11-13-24(28)3/h5-18,23,29,33H,19-22H2,1-4H3,(H,34,35). The lowest BCUT2D eigenvalue weighted by molar-refractivity contribution is 0.0108. The number of rotatable bonds is 7. The number of hydrogen-bond donors (Lipinski definition) is 2. The molecule has 2 N–H and O–H groups in total. The molecule has 1 aliphatic heterocycles. The minimum atomic E-state index is -0.327. The van der Waals surface area contributed by atoms with E-state index < -0.39 is 0 Å². The molecule has 2 heterocycles. The van der Waals surface area contributed by atoms with Crippen LogP contribution < -0.4 is 5.32 Å². The fourth-order valence-electron chi connectivity index (χ4n) is 6.28. The Hall–Kier alpha value is -3.21. The molecule has 5 rings (SSSR count). The smallest absolute Gasteiger partial charge is 0.138 e. The molecule has 0 spiro atoms. The number of aromatic nitrogens is 2.